The van der Waals surface area contributed by atoms with Crippen molar-refractivity contribution >= 4 is 23.6 Å². The molecule has 0 spiro atoms. The van der Waals surface area contributed by atoms with Crippen molar-refractivity contribution in [3.63, 3.8) is 0 Å². The average Bonchev–Trinajstić information content (AvgIpc) is 3.13. The molecule has 7 heteroatoms. The molecule has 4 rings (SSSR count). The molecule has 0 amide bonds. The average molecular weight is 322 g/mol. The zero-order valence-electron chi connectivity index (χ0n) is 14.2. The lowest BCUT2D eigenvalue weighted by Gasteiger charge is -2.32. The van der Waals surface area contributed by atoms with Crippen LogP contribution in [0.2, 0.25) is 0 Å². The van der Waals surface area contributed by atoms with Gasteiger partial charge in [0.1, 0.15) is 0 Å². The summed E-state index contributed by atoms with van der Waals surface area (Å²) in [7, 11) is -0.408. The van der Waals surface area contributed by atoms with E-state index < -0.39 is 7.12 Å². The summed E-state index contributed by atoms with van der Waals surface area (Å²) in [4.78, 5) is 9.11. The molecule has 0 aliphatic carbocycles. The van der Waals surface area contributed by atoms with Gasteiger partial charge < -0.3 is 9.31 Å². The van der Waals surface area contributed by atoms with Gasteiger partial charge in [0.05, 0.1) is 28.4 Å². The second-order valence-electron chi connectivity index (χ2n) is 7.02. The van der Waals surface area contributed by atoms with E-state index in [1.54, 1.807) is 17.1 Å². The highest BCUT2D eigenvalue weighted by atomic mass is 16.7. The highest BCUT2D eigenvalue weighted by Crippen LogP contribution is 2.36. The summed E-state index contributed by atoms with van der Waals surface area (Å²) in [5.41, 5.74) is 1.82. The molecule has 1 fully saturated rings. The van der Waals surface area contributed by atoms with Crippen LogP contribution in [0.25, 0.3) is 16.9 Å². The zero-order chi connectivity index (χ0) is 16.9. The minimum absolute atomic E-state index is 0.366. The molecule has 1 saturated heterocycles. The Morgan fingerprint density at radius 3 is 2.46 bits per heavy atom. The fraction of sp³-hybridized carbons (Fsp3) is 0.353. The monoisotopic (exact) mass is 322 g/mol. The number of nitrogens with zero attached hydrogens (tertiary/aromatic N) is 4. The maximum atomic E-state index is 6.11. The van der Waals surface area contributed by atoms with Crippen molar-refractivity contribution in [2.75, 3.05) is 0 Å². The van der Waals surface area contributed by atoms with E-state index in [2.05, 4.69) is 15.1 Å². The number of fused-ring (bicyclic) bond motifs is 1. The molecular weight excluding hydrogens is 303 g/mol. The molecule has 0 bridgehead atoms. The van der Waals surface area contributed by atoms with Crippen LogP contribution in [-0.4, -0.2) is 38.1 Å². The van der Waals surface area contributed by atoms with E-state index >= 15 is 0 Å². The SMILES string of the molecule is CC1(C)OB(c2ccc3ncc(-n4cccn4)nc3c2)OC1(C)C. The van der Waals surface area contributed by atoms with E-state index in [0.29, 0.717) is 5.82 Å². The van der Waals surface area contributed by atoms with Gasteiger partial charge >= 0.3 is 7.12 Å². The van der Waals surface area contributed by atoms with Gasteiger partial charge in [0.2, 0.25) is 0 Å². The quantitative estimate of drug-likeness (QED) is 0.676. The van der Waals surface area contributed by atoms with Crippen LogP contribution in [0.1, 0.15) is 27.7 Å². The largest absolute Gasteiger partial charge is 0.494 e. The lowest BCUT2D eigenvalue weighted by Crippen LogP contribution is -2.41. The van der Waals surface area contributed by atoms with E-state index in [4.69, 9.17) is 9.31 Å². The van der Waals surface area contributed by atoms with Crippen molar-refractivity contribution in [1.82, 2.24) is 19.7 Å². The Balaban J connectivity index is 1.73. The molecule has 0 saturated carbocycles. The number of hydrogen-bond acceptors (Lipinski definition) is 5. The molecule has 6 nitrogen and oxygen atoms in total. The number of rotatable bonds is 2. The third kappa shape index (κ3) is 2.40. The lowest BCUT2D eigenvalue weighted by atomic mass is 9.79. The Morgan fingerprint density at radius 1 is 1.04 bits per heavy atom. The molecule has 3 heterocycles. The van der Waals surface area contributed by atoms with E-state index in [9.17, 15) is 0 Å². The highest BCUT2D eigenvalue weighted by Gasteiger charge is 2.51. The van der Waals surface area contributed by atoms with E-state index in [0.717, 1.165) is 16.5 Å². The number of hydrogen-bond donors (Lipinski definition) is 0. The predicted octanol–water partition coefficient (Wildman–Crippen LogP) is 2.11. The molecule has 2 aromatic heterocycles. The van der Waals surface area contributed by atoms with Crippen molar-refractivity contribution in [3.8, 4) is 5.82 Å². The predicted molar refractivity (Wildman–Crippen MR) is 92.4 cm³/mol. The standard InChI is InChI=1S/C17H19BN4O2/c1-16(2)17(3,4)24-18(23-16)12-6-7-13-14(10-12)21-15(11-19-13)22-9-5-8-20-22/h5-11H,1-4H3. The second-order valence-corrected chi connectivity index (χ2v) is 7.02. The Morgan fingerprint density at radius 2 is 1.79 bits per heavy atom. The van der Waals surface area contributed by atoms with Crippen LogP contribution in [0.15, 0.2) is 42.9 Å². The van der Waals surface area contributed by atoms with Gasteiger partial charge in [0.25, 0.3) is 0 Å². The fourth-order valence-corrected chi connectivity index (χ4v) is 2.66. The minimum Gasteiger partial charge on any atom is -0.399 e. The summed E-state index contributed by atoms with van der Waals surface area (Å²) >= 11 is 0. The summed E-state index contributed by atoms with van der Waals surface area (Å²) in [6, 6.07) is 7.74. The van der Waals surface area contributed by atoms with E-state index in [-0.39, 0.29) is 11.2 Å². The molecule has 0 radical (unpaired) electrons. The van der Waals surface area contributed by atoms with Gasteiger partial charge in [-0.3, -0.25) is 4.98 Å². The van der Waals surface area contributed by atoms with Crippen LogP contribution in [-0.2, 0) is 9.31 Å². The molecule has 1 aliphatic rings. The Kier molecular flexibility index (Phi) is 3.27. The van der Waals surface area contributed by atoms with Crippen molar-refractivity contribution in [2.24, 2.45) is 0 Å². The zero-order valence-corrected chi connectivity index (χ0v) is 14.2. The van der Waals surface area contributed by atoms with Crippen molar-refractivity contribution < 1.29 is 9.31 Å². The molecule has 0 N–H and O–H groups in total. The first-order valence-corrected chi connectivity index (χ1v) is 7.98. The smallest absolute Gasteiger partial charge is 0.399 e. The summed E-state index contributed by atoms with van der Waals surface area (Å²) < 4.78 is 13.9. The minimum atomic E-state index is -0.408. The molecular formula is C17H19BN4O2. The molecule has 0 atom stereocenters. The van der Waals surface area contributed by atoms with Gasteiger partial charge in [-0.1, -0.05) is 6.07 Å². The topological polar surface area (TPSA) is 62.1 Å². The van der Waals surface area contributed by atoms with E-state index in [1.165, 1.54) is 0 Å². The van der Waals surface area contributed by atoms with Gasteiger partial charge in [-0.2, -0.15) is 5.10 Å². The van der Waals surface area contributed by atoms with Gasteiger partial charge in [0.15, 0.2) is 5.82 Å². The maximum Gasteiger partial charge on any atom is 0.494 e. The van der Waals surface area contributed by atoms with Crippen LogP contribution < -0.4 is 5.46 Å². The van der Waals surface area contributed by atoms with E-state index in [1.807, 2.05) is 58.2 Å². The fourth-order valence-electron chi connectivity index (χ4n) is 2.66. The van der Waals surface area contributed by atoms with Gasteiger partial charge in [-0.05, 0) is 51.4 Å². The number of aromatic nitrogens is 4. The normalized spacial score (nSPS) is 19.1. The van der Waals surface area contributed by atoms with Gasteiger partial charge in [0, 0.05) is 12.4 Å². The Bertz CT molecular complexity index is 877. The molecule has 24 heavy (non-hydrogen) atoms. The van der Waals surface area contributed by atoms with Gasteiger partial charge in [-0.15, -0.1) is 0 Å². The summed E-state index contributed by atoms with van der Waals surface area (Å²) in [6.45, 7) is 8.18. The maximum absolute atomic E-state index is 6.11. The third-order valence-electron chi connectivity index (χ3n) is 4.82. The first kappa shape index (κ1) is 15.3. The third-order valence-corrected chi connectivity index (χ3v) is 4.82. The summed E-state index contributed by atoms with van der Waals surface area (Å²) in [6.07, 6.45) is 5.27. The Hall–Kier alpha value is -2.25. The first-order valence-electron chi connectivity index (χ1n) is 7.98. The number of benzene rings is 1. The second kappa shape index (κ2) is 5.12. The van der Waals surface area contributed by atoms with Gasteiger partial charge in [-0.25, -0.2) is 9.67 Å². The van der Waals surface area contributed by atoms with Crippen molar-refractivity contribution in [1.29, 1.82) is 0 Å². The van der Waals surface area contributed by atoms with Crippen molar-refractivity contribution in [3.05, 3.63) is 42.9 Å². The summed E-state index contributed by atoms with van der Waals surface area (Å²) in [5.74, 6) is 0.679. The van der Waals surface area contributed by atoms with Crippen molar-refractivity contribution in [2.45, 2.75) is 38.9 Å². The molecule has 3 aromatic rings. The van der Waals surface area contributed by atoms with Crippen LogP contribution in [0.5, 0.6) is 0 Å². The first-order chi connectivity index (χ1) is 11.4. The highest BCUT2D eigenvalue weighted by molar-refractivity contribution is 6.62. The molecule has 1 aromatic carbocycles. The molecule has 122 valence electrons. The van der Waals surface area contributed by atoms with Crippen LogP contribution >= 0.6 is 0 Å². The van der Waals surface area contributed by atoms with Crippen LogP contribution in [0.3, 0.4) is 0 Å². The molecule has 1 aliphatic heterocycles. The lowest BCUT2D eigenvalue weighted by molar-refractivity contribution is 0.00578. The molecule has 0 unspecified atom stereocenters. The Labute approximate surface area is 141 Å². The summed E-state index contributed by atoms with van der Waals surface area (Å²) in [5, 5.41) is 4.20. The van der Waals surface area contributed by atoms with Crippen LogP contribution in [0.4, 0.5) is 0 Å². The van der Waals surface area contributed by atoms with Crippen LogP contribution in [0, 0.1) is 0 Å².